The number of hydrogen-bond acceptors (Lipinski definition) is 6. The Hall–Kier alpha value is -3.56. The van der Waals surface area contributed by atoms with Crippen molar-refractivity contribution in [1.29, 1.82) is 0 Å². The second-order valence-electron chi connectivity index (χ2n) is 8.44. The molecule has 6 nitrogen and oxygen atoms in total. The van der Waals surface area contributed by atoms with E-state index in [9.17, 15) is 13.2 Å². The van der Waals surface area contributed by atoms with Crippen LogP contribution in [0.3, 0.4) is 0 Å². The summed E-state index contributed by atoms with van der Waals surface area (Å²) in [5.41, 5.74) is 1.81. The number of hydrogen-bond donors (Lipinski definition) is 2. The SMILES string of the molecule is CN(C)CC=CC1=Cc2c(ncnc2Nc2ccc(Oc3cccc(C(F)(F)F)c3)c(Cl)c2)NCC1. The van der Waals surface area contributed by atoms with Crippen molar-refractivity contribution in [3.05, 3.63) is 82.7 Å². The lowest BCUT2D eigenvalue weighted by atomic mass is 10.1. The Morgan fingerprint density at radius 3 is 2.75 bits per heavy atom. The molecule has 3 aromatic rings. The van der Waals surface area contributed by atoms with Crippen LogP contribution in [-0.4, -0.2) is 42.1 Å². The fourth-order valence-corrected chi connectivity index (χ4v) is 3.78. The summed E-state index contributed by atoms with van der Waals surface area (Å²) in [4.78, 5) is 10.9. The molecule has 1 aliphatic heterocycles. The summed E-state index contributed by atoms with van der Waals surface area (Å²) in [5, 5.41) is 6.82. The van der Waals surface area contributed by atoms with E-state index in [2.05, 4.69) is 43.7 Å². The topological polar surface area (TPSA) is 62.3 Å². The molecule has 0 saturated heterocycles. The van der Waals surface area contributed by atoms with Crippen LogP contribution in [0.15, 0.2) is 66.5 Å². The smallest absolute Gasteiger partial charge is 0.416 e. The molecule has 0 spiro atoms. The largest absolute Gasteiger partial charge is 0.456 e. The van der Waals surface area contributed by atoms with E-state index in [0.29, 0.717) is 11.5 Å². The molecule has 0 atom stereocenters. The Labute approximate surface area is 212 Å². The number of rotatable bonds is 7. The van der Waals surface area contributed by atoms with Crippen LogP contribution in [0.4, 0.5) is 30.5 Å². The molecule has 0 saturated carbocycles. The molecular formula is C26H25ClF3N5O. The van der Waals surface area contributed by atoms with Gasteiger partial charge in [0, 0.05) is 18.8 Å². The molecule has 10 heteroatoms. The first-order valence-electron chi connectivity index (χ1n) is 11.2. The lowest BCUT2D eigenvalue weighted by molar-refractivity contribution is -0.137. The maximum Gasteiger partial charge on any atom is 0.416 e. The minimum Gasteiger partial charge on any atom is -0.456 e. The lowest BCUT2D eigenvalue weighted by Gasteiger charge is -2.14. The molecular weight excluding hydrogens is 491 g/mol. The molecule has 2 aromatic carbocycles. The molecule has 188 valence electrons. The fraction of sp³-hybridized carbons (Fsp3) is 0.231. The van der Waals surface area contributed by atoms with Crippen LogP contribution in [0.2, 0.25) is 5.02 Å². The number of nitrogens with zero attached hydrogens (tertiary/aromatic N) is 3. The van der Waals surface area contributed by atoms with Crippen molar-refractivity contribution in [2.45, 2.75) is 12.6 Å². The van der Waals surface area contributed by atoms with E-state index in [1.807, 2.05) is 14.1 Å². The van der Waals surface area contributed by atoms with Gasteiger partial charge in [0.1, 0.15) is 29.5 Å². The van der Waals surface area contributed by atoms with Gasteiger partial charge in [0.2, 0.25) is 0 Å². The number of anilines is 3. The quantitative estimate of drug-likeness (QED) is 0.353. The molecule has 0 bridgehead atoms. The first kappa shape index (κ1) is 25.5. The van der Waals surface area contributed by atoms with Crippen LogP contribution in [-0.2, 0) is 6.18 Å². The summed E-state index contributed by atoms with van der Waals surface area (Å²) < 4.78 is 44.6. The fourth-order valence-electron chi connectivity index (χ4n) is 3.56. The third-order valence-electron chi connectivity index (χ3n) is 5.31. The Balaban J connectivity index is 1.55. The minimum absolute atomic E-state index is 0.0413. The van der Waals surface area contributed by atoms with Gasteiger partial charge in [-0.1, -0.05) is 29.8 Å². The molecule has 0 aliphatic carbocycles. The van der Waals surface area contributed by atoms with E-state index in [1.54, 1.807) is 18.2 Å². The van der Waals surface area contributed by atoms with Crippen molar-refractivity contribution in [3.8, 4) is 11.5 Å². The average molecular weight is 516 g/mol. The van der Waals surface area contributed by atoms with Crippen molar-refractivity contribution in [3.63, 3.8) is 0 Å². The molecule has 4 rings (SSSR count). The van der Waals surface area contributed by atoms with Crippen LogP contribution in [0.1, 0.15) is 17.5 Å². The normalized spacial score (nSPS) is 13.7. The summed E-state index contributed by atoms with van der Waals surface area (Å²) in [6.07, 6.45) is 4.12. The highest BCUT2D eigenvalue weighted by Crippen LogP contribution is 2.36. The molecule has 1 aliphatic rings. The van der Waals surface area contributed by atoms with Gasteiger partial charge >= 0.3 is 6.18 Å². The summed E-state index contributed by atoms with van der Waals surface area (Å²) in [7, 11) is 4.03. The summed E-state index contributed by atoms with van der Waals surface area (Å²) >= 11 is 6.39. The Morgan fingerprint density at radius 1 is 1.17 bits per heavy atom. The monoisotopic (exact) mass is 515 g/mol. The second kappa shape index (κ2) is 11.0. The molecule has 0 radical (unpaired) electrons. The number of aromatic nitrogens is 2. The summed E-state index contributed by atoms with van der Waals surface area (Å²) in [6.45, 7) is 1.58. The van der Waals surface area contributed by atoms with E-state index >= 15 is 0 Å². The van der Waals surface area contributed by atoms with Crippen molar-refractivity contribution < 1.29 is 17.9 Å². The van der Waals surface area contributed by atoms with Gasteiger partial charge in [-0.05, 0) is 68.6 Å². The maximum absolute atomic E-state index is 13.0. The number of fused-ring (bicyclic) bond motifs is 1. The third kappa shape index (κ3) is 6.56. The highest BCUT2D eigenvalue weighted by molar-refractivity contribution is 6.32. The molecule has 0 fully saturated rings. The number of ether oxygens (including phenoxy) is 1. The van der Waals surface area contributed by atoms with Gasteiger partial charge in [-0.3, -0.25) is 0 Å². The predicted molar refractivity (Wildman–Crippen MR) is 137 cm³/mol. The van der Waals surface area contributed by atoms with E-state index in [4.69, 9.17) is 16.3 Å². The molecule has 36 heavy (non-hydrogen) atoms. The molecule has 0 amide bonds. The number of likely N-dealkylation sites (N-methyl/N-ethyl adjacent to an activating group) is 1. The first-order chi connectivity index (χ1) is 17.2. The highest BCUT2D eigenvalue weighted by atomic mass is 35.5. The van der Waals surface area contributed by atoms with E-state index in [0.717, 1.165) is 48.6 Å². The third-order valence-corrected chi connectivity index (χ3v) is 5.60. The number of benzene rings is 2. The molecule has 1 aromatic heterocycles. The van der Waals surface area contributed by atoms with Gasteiger partial charge in [0.25, 0.3) is 0 Å². The minimum atomic E-state index is -4.46. The van der Waals surface area contributed by atoms with Gasteiger partial charge in [-0.25, -0.2) is 9.97 Å². The van der Waals surface area contributed by atoms with Crippen LogP contribution in [0.5, 0.6) is 11.5 Å². The van der Waals surface area contributed by atoms with Gasteiger partial charge in [-0.15, -0.1) is 0 Å². The van der Waals surface area contributed by atoms with E-state index < -0.39 is 11.7 Å². The molecule has 2 heterocycles. The molecule has 2 N–H and O–H groups in total. The van der Waals surface area contributed by atoms with Gasteiger partial charge in [-0.2, -0.15) is 13.2 Å². The molecule has 0 unspecified atom stereocenters. The van der Waals surface area contributed by atoms with Gasteiger partial charge in [0.05, 0.1) is 16.1 Å². The van der Waals surface area contributed by atoms with Gasteiger partial charge in [0.15, 0.2) is 0 Å². The maximum atomic E-state index is 13.0. The lowest BCUT2D eigenvalue weighted by Crippen LogP contribution is -2.10. The van der Waals surface area contributed by atoms with Gasteiger partial charge < -0.3 is 20.3 Å². The number of halogens is 4. The Bertz CT molecular complexity index is 1290. The van der Waals surface area contributed by atoms with E-state index in [-0.39, 0.29) is 16.5 Å². The number of nitrogens with one attached hydrogen (secondary N) is 2. The number of alkyl halides is 3. The van der Waals surface area contributed by atoms with Crippen LogP contribution in [0, 0.1) is 0 Å². The van der Waals surface area contributed by atoms with E-state index in [1.165, 1.54) is 18.5 Å². The summed E-state index contributed by atoms with van der Waals surface area (Å²) in [5.74, 6) is 1.59. The second-order valence-corrected chi connectivity index (χ2v) is 8.85. The first-order valence-corrected chi connectivity index (χ1v) is 11.6. The van der Waals surface area contributed by atoms with Crippen molar-refractivity contribution in [1.82, 2.24) is 14.9 Å². The standard InChI is InChI=1S/C26H25ClF3N5O/c1-35(2)12-4-5-17-10-11-31-24-21(13-17)25(33-16-32-24)34-19-8-9-23(22(27)15-19)36-20-7-3-6-18(14-20)26(28,29)30/h3-9,13-16H,10-12H2,1-2H3,(H2,31,32,33,34). The van der Waals surface area contributed by atoms with Crippen LogP contribution >= 0.6 is 11.6 Å². The zero-order chi connectivity index (χ0) is 25.7. The van der Waals surface area contributed by atoms with Crippen molar-refractivity contribution in [2.24, 2.45) is 0 Å². The van der Waals surface area contributed by atoms with Crippen LogP contribution in [0.25, 0.3) is 6.08 Å². The average Bonchev–Trinajstić information content (AvgIpc) is 3.03. The zero-order valence-corrected chi connectivity index (χ0v) is 20.5. The summed E-state index contributed by atoms with van der Waals surface area (Å²) in [6, 6.07) is 9.58. The Morgan fingerprint density at radius 2 is 2.00 bits per heavy atom. The highest BCUT2D eigenvalue weighted by Gasteiger charge is 2.30. The van der Waals surface area contributed by atoms with Crippen LogP contribution < -0.4 is 15.4 Å². The zero-order valence-electron chi connectivity index (χ0n) is 19.7. The predicted octanol–water partition coefficient (Wildman–Crippen LogP) is 7.00. The van der Waals surface area contributed by atoms with Crippen molar-refractivity contribution >= 4 is 35.0 Å². The number of allylic oxidation sites excluding steroid dienone is 1. The van der Waals surface area contributed by atoms with Crippen molar-refractivity contribution in [2.75, 3.05) is 37.8 Å². The Kier molecular flexibility index (Phi) is 7.81.